The number of likely N-dealkylation sites (tertiary alicyclic amines) is 1. The predicted octanol–water partition coefficient (Wildman–Crippen LogP) is 1.59. The molecule has 1 aromatic rings. The van der Waals surface area contributed by atoms with E-state index in [4.69, 9.17) is 9.88 Å². The van der Waals surface area contributed by atoms with Gasteiger partial charge in [0, 0.05) is 13.1 Å². The molecule has 0 aromatic heterocycles. The first kappa shape index (κ1) is 19.4. The Morgan fingerprint density at radius 2 is 1.76 bits per heavy atom. The van der Waals surface area contributed by atoms with Crippen LogP contribution in [-0.4, -0.2) is 44.4 Å². The molecule has 0 radical (unpaired) electrons. The van der Waals surface area contributed by atoms with Crippen molar-refractivity contribution in [3.8, 4) is 0 Å². The van der Waals surface area contributed by atoms with Crippen LogP contribution in [0.5, 0.6) is 0 Å². The van der Waals surface area contributed by atoms with Crippen LogP contribution < -0.4 is 5.14 Å². The minimum atomic E-state index is -3.92. The summed E-state index contributed by atoms with van der Waals surface area (Å²) in [6, 6.07) is 3.99. The second-order valence-electron chi connectivity index (χ2n) is 6.31. The summed E-state index contributed by atoms with van der Waals surface area (Å²) in [6.07, 6.45) is 3.15. The van der Waals surface area contributed by atoms with Crippen LogP contribution >= 0.6 is 0 Å². The van der Waals surface area contributed by atoms with Gasteiger partial charge >= 0.3 is 5.97 Å². The first-order valence-electron chi connectivity index (χ1n) is 8.33. The first-order chi connectivity index (χ1) is 11.7. The maximum absolute atomic E-state index is 12.5. The molecule has 25 heavy (non-hydrogen) atoms. The van der Waals surface area contributed by atoms with E-state index in [2.05, 4.69) is 0 Å². The van der Waals surface area contributed by atoms with Gasteiger partial charge in [-0.3, -0.25) is 4.79 Å². The highest BCUT2D eigenvalue weighted by Crippen LogP contribution is 2.17. The van der Waals surface area contributed by atoms with Gasteiger partial charge in [-0.1, -0.05) is 18.9 Å². The van der Waals surface area contributed by atoms with Crippen LogP contribution in [0.4, 0.5) is 0 Å². The molecule has 1 aliphatic heterocycles. The van der Waals surface area contributed by atoms with Crippen LogP contribution in [0.15, 0.2) is 23.1 Å². The summed E-state index contributed by atoms with van der Waals surface area (Å²) in [4.78, 5) is 26.4. The van der Waals surface area contributed by atoms with Crippen molar-refractivity contribution in [1.29, 1.82) is 0 Å². The van der Waals surface area contributed by atoms with Gasteiger partial charge in [-0.2, -0.15) is 0 Å². The van der Waals surface area contributed by atoms with Crippen LogP contribution in [0.1, 0.15) is 48.5 Å². The molecule has 1 fully saturated rings. The fraction of sp³-hybridized carbons (Fsp3) is 0.529. The molecule has 1 aromatic carbocycles. The normalized spacial score (nSPS) is 16.8. The van der Waals surface area contributed by atoms with Gasteiger partial charge in [0.2, 0.25) is 10.0 Å². The third kappa shape index (κ3) is 5.02. The second kappa shape index (κ2) is 7.97. The van der Waals surface area contributed by atoms with Crippen LogP contribution in [0.3, 0.4) is 0 Å². The number of carbonyl (C=O) groups is 2. The van der Waals surface area contributed by atoms with Crippen molar-refractivity contribution in [2.24, 2.45) is 5.14 Å². The maximum Gasteiger partial charge on any atom is 0.339 e. The van der Waals surface area contributed by atoms with E-state index in [1.807, 2.05) is 0 Å². The highest BCUT2D eigenvalue weighted by Gasteiger charge is 2.26. The smallest absolute Gasteiger partial charge is 0.339 e. The van der Waals surface area contributed by atoms with Gasteiger partial charge in [-0.25, -0.2) is 18.4 Å². The summed E-state index contributed by atoms with van der Waals surface area (Å²) in [5.41, 5.74) is 0.633. The molecule has 7 nitrogen and oxygen atoms in total. The number of rotatable bonds is 4. The van der Waals surface area contributed by atoms with E-state index in [1.165, 1.54) is 25.1 Å². The Labute approximate surface area is 148 Å². The number of nitrogens with two attached hydrogens (primary N) is 1. The molecule has 138 valence electrons. The van der Waals surface area contributed by atoms with Gasteiger partial charge in [0.05, 0.1) is 10.5 Å². The number of hydrogen-bond acceptors (Lipinski definition) is 5. The van der Waals surface area contributed by atoms with E-state index >= 15 is 0 Å². The Morgan fingerprint density at radius 1 is 1.16 bits per heavy atom. The number of nitrogens with zero attached hydrogens (tertiary/aromatic N) is 1. The zero-order chi connectivity index (χ0) is 18.6. The summed E-state index contributed by atoms with van der Waals surface area (Å²) in [5, 5.41) is 5.10. The number of sulfonamides is 1. The minimum Gasteiger partial charge on any atom is -0.449 e. The second-order valence-corrected chi connectivity index (χ2v) is 7.87. The van der Waals surface area contributed by atoms with E-state index < -0.39 is 22.1 Å². The largest absolute Gasteiger partial charge is 0.449 e. The molecular weight excluding hydrogens is 344 g/mol. The lowest BCUT2D eigenvalue weighted by Crippen LogP contribution is -2.40. The highest BCUT2D eigenvalue weighted by atomic mass is 32.2. The molecule has 0 bridgehead atoms. The zero-order valence-electron chi connectivity index (χ0n) is 14.5. The fourth-order valence-corrected chi connectivity index (χ4v) is 3.36. The Balaban J connectivity index is 2.11. The van der Waals surface area contributed by atoms with E-state index in [1.54, 1.807) is 11.8 Å². The van der Waals surface area contributed by atoms with Gasteiger partial charge in [-0.15, -0.1) is 0 Å². The number of ether oxygens (including phenoxy) is 1. The summed E-state index contributed by atoms with van der Waals surface area (Å²) < 4.78 is 28.2. The Morgan fingerprint density at radius 3 is 2.32 bits per heavy atom. The van der Waals surface area contributed by atoms with Gasteiger partial charge in [0.1, 0.15) is 0 Å². The topological polar surface area (TPSA) is 107 Å². The van der Waals surface area contributed by atoms with Crippen LogP contribution in [0.25, 0.3) is 0 Å². The summed E-state index contributed by atoms with van der Waals surface area (Å²) >= 11 is 0. The van der Waals surface area contributed by atoms with Crippen molar-refractivity contribution >= 4 is 21.9 Å². The minimum absolute atomic E-state index is 0.0852. The quantitative estimate of drug-likeness (QED) is 0.812. The van der Waals surface area contributed by atoms with Crippen LogP contribution in [-0.2, 0) is 19.6 Å². The Bertz CT molecular complexity index is 752. The molecule has 2 rings (SSSR count). The van der Waals surface area contributed by atoms with Crippen molar-refractivity contribution in [2.45, 2.75) is 50.5 Å². The molecule has 1 aliphatic rings. The molecule has 0 saturated carbocycles. The number of amides is 1. The van der Waals surface area contributed by atoms with Crippen molar-refractivity contribution in [1.82, 2.24) is 4.90 Å². The average Bonchev–Trinajstić information content (AvgIpc) is 2.82. The first-order valence-corrected chi connectivity index (χ1v) is 9.88. The third-order valence-corrected chi connectivity index (χ3v) is 5.22. The van der Waals surface area contributed by atoms with Crippen molar-refractivity contribution in [3.63, 3.8) is 0 Å². The lowest BCUT2D eigenvalue weighted by atomic mass is 10.1. The lowest BCUT2D eigenvalue weighted by Gasteiger charge is -2.24. The number of carbonyl (C=O) groups excluding carboxylic acids is 2. The third-order valence-electron chi connectivity index (χ3n) is 4.31. The number of aryl methyl sites for hydroxylation is 1. The van der Waals surface area contributed by atoms with Crippen molar-refractivity contribution < 1.29 is 22.7 Å². The van der Waals surface area contributed by atoms with E-state index in [0.29, 0.717) is 18.7 Å². The lowest BCUT2D eigenvalue weighted by molar-refractivity contribution is -0.139. The van der Waals surface area contributed by atoms with Gasteiger partial charge in [0.25, 0.3) is 5.91 Å². The summed E-state index contributed by atoms with van der Waals surface area (Å²) in [6.45, 7) is 4.52. The Hall–Kier alpha value is -1.93. The van der Waals surface area contributed by atoms with E-state index in [9.17, 15) is 18.0 Å². The molecule has 0 spiro atoms. The molecular formula is C17H24N2O5S. The number of primary sulfonamides is 1. The highest BCUT2D eigenvalue weighted by molar-refractivity contribution is 7.89. The monoisotopic (exact) mass is 368 g/mol. The van der Waals surface area contributed by atoms with E-state index in [0.717, 1.165) is 25.7 Å². The number of esters is 1. The molecule has 1 amide bonds. The van der Waals surface area contributed by atoms with Crippen molar-refractivity contribution in [2.75, 3.05) is 13.1 Å². The van der Waals surface area contributed by atoms with E-state index in [-0.39, 0.29) is 16.4 Å². The van der Waals surface area contributed by atoms with Gasteiger partial charge in [-0.05, 0) is 44.4 Å². The maximum atomic E-state index is 12.5. The SMILES string of the molecule is Cc1ccc(S(N)(=O)=O)cc1C(=O)OC(C)C(=O)N1CCCCCC1. The standard InChI is InChI=1S/C17H24N2O5S/c1-12-7-8-14(25(18,22)23)11-15(12)17(21)24-13(2)16(20)19-9-5-3-4-6-10-19/h7-8,11,13H,3-6,9-10H2,1-2H3,(H2,18,22,23). The number of benzene rings is 1. The van der Waals surface area contributed by atoms with Crippen LogP contribution in [0, 0.1) is 6.92 Å². The predicted molar refractivity (Wildman–Crippen MR) is 92.5 cm³/mol. The molecule has 1 atom stereocenters. The molecule has 1 saturated heterocycles. The average molecular weight is 368 g/mol. The molecule has 2 N–H and O–H groups in total. The Kier molecular flexibility index (Phi) is 6.18. The molecule has 0 aliphatic carbocycles. The number of hydrogen-bond donors (Lipinski definition) is 1. The van der Waals surface area contributed by atoms with Gasteiger partial charge < -0.3 is 9.64 Å². The molecule has 8 heteroatoms. The van der Waals surface area contributed by atoms with Gasteiger partial charge in [0.15, 0.2) is 6.10 Å². The molecule has 1 unspecified atom stereocenters. The summed E-state index contributed by atoms with van der Waals surface area (Å²) in [7, 11) is -3.92. The van der Waals surface area contributed by atoms with Crippen molar-refractivity contribution in [3.05, 3.63) is 29.3 Å². The molecule has 1 heterocycles. The summed E-state index contributed by atoms with van der Waals surface area (Å²) in [5.74, 6) is -0.964. The zero-order valence-corrected chi connectivity index (χ0v) is 15.3. The fourth-order valence-electron chi connectivity index (χ4n) is 2.82. The van der Waals surface area contributed by atoms with Crippen LogP contribution in [0.2, 0.25) is 0 Å².